The zero-order valence-electron chi connectivity index (χ0n) is 13.4. The molecule has 4 heteroatoms. The summed E-state index contributed by atoms with van der Waals surface area (Å²) < 4.78 is 5.31. The Bertz CT molecular complexity index is 364. The van der Waals surface area contributed by atoms with Gasteiger partial charge < -0.3 is 15.8 Å². The number of nitrogens with one attached hydrogen (secondary N) is 1. The van der Waals surface area contributed by atoms with Gasteiger partial charge in [0.05, 0.1) is 0 Å². The standard InChI is InChI=1S/C16H30N2O2/c1-15(2,3)20-14(19)18-10-16(4,9-17)13-8-11-5-6-12(13)7-11/h11-13H,5-10,17H2,1-4H3,(H,18,19). The minimum Gasteiger partial charge on any atom is -0.444 e. The van der Waals surface area contributed by atoms with Crippen LogP contribution in [-0.2, 0) is 4.74 Å². The van der Waals surface area contributed by atoms with Crippen molar-refractivity contribution in [2.45, 2.75) is 59.0 Å². The van der Waals surface area contributed by atoms with E-state index in [-0.39, 0.29) is 11.5 Å². The fourth-order valence-corrected chi connectivity index (χ4v) is 4.04. The Balaban J connectivity index is 1.90. The van der Waals surface area contributed by atoms with Crippen LogP contribution < -0.4 is 11.1 Å². The van der Waals surface area contributed by atoms with Crippen molar-refractivity contribution in [1.82, 2.24) is 5.32 Å². The van der Waals surface area contributed by atoms with Crippen molar-refractivity contribution in [3.63, 3.8) is 0 Å². The monoisotopic (exact) mass is 282 g/mol. The van der Waals surface area contributed by atoms with Crippen LogP contribution in [0.1, 0.15) is 53.4 Å². The largest absolute Gasteiger partial charge is 0.444 e. The van der Waals surface area contributed by atoms with Gasteiger partial charge in [-0.3, -0.25) is 0 Å². The molecule has 2 rings (SSSR count). The lowest BCUT2D eigenvalue weighted by molar-refractivity contribution is 0.0462. The lowest BCUT2D eigenvalue weighted by atomic mass is 9.69. The van der Waals surface area contributed by atoms with Crippen LogP contribution in [0.5, 0.6) is 0 Å². The Labute approximate surface area is 122 Å². The second-order valence-electron chi connectivity index (χ2n) is 7.99. The van der Waals surface area contributed by atoms with E-state index in [9.17, 15) is 4.79 Å². The quantitative estimate of drug-likeness (QED) is 0.833. The Morgan fingerprint density at radius 3 is 2.40 bits per heavy atom. The summed E-state index contributed by atoms with van der Waals surface area (Å²) in [5, 5.41) is 2.93. The van der Waals surface area contributed by atoms with E-state index in [4.69, 9.17) is 10.5 Å². The third-order valence-corrected chi connectivity index (χ3v) is 5.14. The van der Waals surface area contributed by atoms with Gasteiger partial charge in [-0.2, -0.15) is 0 Å². The Hall–Kier alpha value is -0.770. The van der Waals surface area contributed by atoms with E-state index in [0.717, 1.165) is 11.8 Å². The molecule has 2 aliphatic rings. The Kier molecular flexibility index (Phi) is 4.33. The highest BCUT2D eigenvalue weighted by Crippen LogP contribution is 2.54. The van der Waals surface area contributed by atoms with E-state index in [0.29, 0.717) is 19.0 Å². The zero-order chi connectivity index (χ0) is 15.0. The van der Waals surface area contributed by atoms with Gasteiger partial charge in [-0.25, -0.2) is 4.79 Å². The molecule has 0 heterocycles. The van der Waals surface area contributed by atoms with E-state index in [1.54, 1.807) is 0 Å². The van der Waals surface area contributed by atoms with Gasteiger partial charge in [-0.15, -0.1) is 0 Å². The second-order valence-corrected chi connectivity index (χ2v) is 7.99. The average Bonchev–Trinajstić information content (AvgIpc) is 2.96. The van der Waals surface area contributed by atoms with E-state index in [2.05, 4.69) is 12.2 Å². The summed E-state index contributed by atoms with van der Waals surface area (Å²) in [6.07, 6.45) is 5.06. The van der Waals surface area contributed by atoms with Crippen LogP contribution in [0.15, 0.2) is 0 Å². The molecule has 0 aromatic heterocycles. The Morgan fingerprint density at radius 2 is 1.95 bits per heavy atom. The lowest BCUT2D eigenvalue weighted by Crippen LogP contribution is -2.47. The third-order valence-electron chi connectivity index (χ3n) is 5.14. The third kappa shape index (κ3) is 3.46. The van der Waals surface area contributed by atoms with Crippen molar-refractivity contribution in [1.29, 1.82) is 0 Å². The van der Waals surface area contributed by atoms with Crippen molar-refractivity contribution in [3.8, 4) is 0 Å². The maximum atomic E-state index is 11.8. The number of fused-ring (bicyclic) bond motifs is 2. The van der Waals surface area contributed by atoms with Crippen LogP contribution in [0.4, 0.5) is 4.79 Å². The number of hydrogen-bond donors (Lipinski definition) is 2. The summed E-state index contributed by atoms with van der Waals surface area (Å²) in [6.45, 7) is 9.10. The van der Waals surface area contributed by atoms with Crippen LogP contribution >= 0.6 is 0 Å². The van der Waals surface area contributed by atoms with Crippen molar-refractivity contribution in [2.24, 2.45) is 28.9 Å². The molecule has 20 heavy (non-hydrogen) atoms. The van der Waals surface area contributed by atoms with Crippen molar-refractivity contribution in [3.05, 3.63) is 0 Å². The SMILES string of the molecule is CC(C)(C)OC(=O)NCC(C)(CN)C1CC2CCC1C2. The first-order valence-electron chi connectivity index (χ1n) is 7.90. The van der Waals surface area contributed by atoms with Crippen LogP contribution in [0, 0.1) is 23.2 Å². The fourth-order valence-electron chi connectivity index (χ4n) is 4.04. The molecule has 116 valence electrons. The summed E-state index contributed by atoms with van der Waals surface area (Å²) in [7, 11) is 0. The molecule has 4 atom stereocenters. The predicted molar refractivity (Wildman–Crippen MR) is 80.3 cm³/mol. The van der Waals surface area contributed by atoms with Gasteiger partial charge in [0.25, 0.3) is 0 Å². The molecular weight excluding hydrogens is 252 g/mol. The molecule has 0 radical (unpaired) electrons. The van der Waals surface area contributed by atoms with Crippen LogP contribution in [0.2, 0.25) is 0 Å². The van der Waals surface area contributed by atoms with E-state index < -0.39 is 5.60 Å². The molecule has 3 N–H and O–H groups in total. The highest BCUT2D eigenvalue weighted by Gasteiger charge is 2.47. The summed E-state index contributed by atoms with van der Waals surface area (Å²) in [5.74, 6) is 2.37. The molecule has 2 fully saturated rings. The maximum absolute atomic E-state index is 11.8. The molecule has 4 unspecified atom stereocenters. The van der Waals surface area contributed by atoms with E-state index >= 15 is 0 Å². The number of rotatable bonds is 4. The topological polar surface area (TPSA) is 64.3 Å². The molecule has 0 aromatic rings. The number of carbonyl (C=O) groups excluding carboxylic acids is 1. The van der Waals surface area contributed by atoms with Gasteiger partial charge in [-0.05, 0) is 64.3 Å². The minimum absolute atomic E-state index is 0.00323. The van der Waals surface area contributed by atoms with Crippen LogP contribution in [0.25, 0.3) is 0 Å². The van der Waals surface area contributed by atoms with Gasteiger partial charge in [0.15, 0.2) is 0 Å². The molecule has 0 aromatic carbocycles. The van der Waals surface area contributed by atoms with Gasteiger partial charge >= 0.3 is 6.09 Å². The number of nitrogens with two attached hydrogens (primary N) is 1. The summed E-state index contributed by atoms with van der Waals surface area (Å²) in [5.41, 5.74) is 5.59. The zero-order valence-corrected chi connectivity index (χ0v) is 13.4. The molecule has 0 aliphatic heterocycles. The number of alkyl carbamates (subject to hydrolysis) is 1. The average molecular weight is 282 g/mol. The maximum Gasteiger partial charge on any atom is 0.407 e. The first-order valence-corrected chi connectivity index (χ1v) is 7.90. The highest BCUT2D eigenvalue weighted by molar-refractivity contribution is 5.67. The van der Waals surface area contributed by atoms with Crippen LogP contribution in [0.3, 0.4) is 0 Å². The van der Waals surface area contributed by atoms with Crippen LogP contribution in [-0.4, -0.2) is 24.8 Å². The van der Waals surface area contributed by atoms with Crippen molar-refractivity contribution in [2.75, 3.05) is 13.1 Å². The molecule has 2 bridgehead atoms. The molecule has 2 saturated carbocycles. The summed E-state index contributed by atoms with van der Waals surface area (Å²) >= 11 is 0. The first-order chi connectivity index (χ1) is 9.23. The molecule has 4 nitrogen and oxygen atoms in total. The number of hydrogen-bond acceptors (Lipinski definition) is 3. The molecular formula is C16H30N2O2. The number of carbonyl (C=O) groups is 1. The van der Waals surface area contributed by atoms with E-state index in [1.165, 1.54) is 25.7 Å². The summed E-state index contributed by atoms with van der Waals surface area (Å²) in [6, 6.07) is 0. The molecule has 2 aliphatic carbocycles. The van der Waals surface area contributed by atoms with Gasteiger partial charge in [0.1, 0.15) is 5.60 Å². The van der Waals surface area contributed by atoms with Crippen molar-refractivity contribution >= 4 is 6.09 Å². The summed E-state index contributed by atoms with van der Waals surface area (Å²) in [4.78, 5) is 11.8. The molecule has 0 saturated heterocycles. The highest BCUT2D eigenvalue weighted by atomic mass is 16.6. The molecule has 0 spiro atoms. The normalized spacial score (nSPS) is 31.9. The van der Waals surface area contributed by atoms with Gasteiger partial charge in [-0.1, -0.05) is 13.3 Å². The van der Waals surface area contributed by atoms with Gasteiger partial charge in [0.2, 0.25) is 0 Å². The first kappa shape index (κ1) is 15.6. The van der Waals surface area contributed by atoms with E-state index in [1.807, 2.05) is 20.8 Å². The minimum atomic E-state index is -0.449. The second kappa shape index (κ2) is 5.55. The lowest BCUT2D eigenvalue weighted by Gasteiger charge is -2.39. The number of ether oxygens (including phenoxy) is 1. The number of amides is 1. The van der Waals surface area contributed by atoms with Gasteiger partial charge in [0, 0.05) is 12.0 Å². The Morgan fingerprint density at radius 1 is 1.25 bits per heavy atom. The molecule has 1 amide bonds. The predicted octanol–water partition coefficient (Wildman–Crippen LogP) is 2.91. The van der Waals surface area contributed by atoms with Crippen molar-refractivity contribution < 1.29 is 9.53 Å². The fraction of sp³-hybridized carbons (Fsp3) is 0.938. The smallest absolute Gasteiger partial charge is 0.407 e.